The molecule has 0 bridgehead atoms. The van der Waals surface area contributed by atoms with Gasteiger partial charge < -0.3 is 14.2 Å². The predicted octanol–water partition coefficient (Wildman–Crippen LogP) is 4.75. The Labute approximate surface area is 163 Å². The van der Waals surface area contributed by atoms with Gasteiger partial charge in [0.25, 0.3) is 0 Å². The number of carbonyl (C=O) groups excluding carboxylic acids is 2. The van der Waals surface area contributed by atoms with Crippen LogP contribution in [0.5, 0.6) is 11.5 Å². The van der Waals surface area contributed by atoms with Crippen LogP contribution in [-0.2, 0) is 4.74 Å². The monoisotopic (exact) mass is 408 g/mol. The summed E-state index contributed by atoms with van der Waals surface area (Å²) in [7, 11) is 2.91. The largest absolute Gasteiger partial charge is 0.497 e. The molecule has 0 radical (unpaired) electrons. The van der Waals surface area contributed by atoms with Gasteiger partial charge in [-0.1, -0.05) is 11.6 Å². The Hall–Kier alpha value is -2.64. The van der Waals surface area contributed by atoms with Crippen molar-refractivity contribution < 1.29 is 28.2 Å². The summed E-state index contributed by atoms with van der Waals surface area (Å²) in [6, 6.07) is 8.78. The predicted molar refractivity (Wildman–Crippen MR) is 101 cm³/mol. The lowest BCUT2D eigenvalue weighted by Crippen LogP contribution is -2.14. The summed E-state index contributed by atoms with van der Waals surface area (Å²) < 4.78 is 29.2. The molecule has 0 N–H and O–H groups in total. The van der Waals surface area contributed by atoms with Crippen LogP contribution in [0.3, 0.4) is 0 Å². The Kier molecular flexibility index (Phi) is 5.62. The molecule has 0 aliphatic heterocycles. The van der Waals surface area contributed by atoms with Gasteiger partial charge in [0.2, 0.25) is 5.78 Å². The SMILES string of the molecule is COc1ccc(OC)c(C(=O)COC(=O)c2sc3cc(F)ccc3c2Cl)c1. The van der Waals surface area contributed by atoms with Crippen molar-refractivity contribution in [2.45, 2.75) is 0 Å². The van der Waals surface area contributed by atoms with E-state index < -0.39 is 24.2 Å². The van der Waals surface area contributed by atoms with Crippen molar-refractivity contribution >= 4 is 44.8 Å². The molecular weight excluding hydrogens is 395 g/mol. The van der Waals surface area contributed by atoms with E-state index >= 15 is 0 Å². The van der Waals surface area contributed by atoms with Crippen molar-refractivity contribution in [1.82, 2.24) is 0 Å². The molecule has 3 aromatic rings. The average Bonchev–Trinajstić information content (AvgIpc) is 3.01. The molecule has 0 aliphatic rings. The third kappa shape index (κ3) is 3.89. The number of carbonyl (C=O) groups is 2. The molecule has 3 rings (SSSR count). The van der Waals surface area contributed by atoms with E-state index in [0.717, 1.165) is 11.3 Å². The molecule has 0 spiro atoms. The molecule has 2 aromatic carbocycles. The van der Waals surface area contributed by atoms with Gasteiger partial charge in [0, 0.05) is 10.1 Å². The summed E-state index contributed by atoms with van der Waals surface area (Å²) in [6.45, 7) is -0.499. The van der Waals surface area contributed by atoms with E-state index in [4.69, 9.17) is 25.8 Å². The Bertz CT molecular complexity index is 1030. The van der Waals surface area contributed by atoms with Crippen LogP contribution in [0.1, 0.15) is 20.0 Å². The van der Waals surface area contributed by atoms with Gasteiger partial charge in [-0.3, -0.25) is 4.79 Å². The first-order valence-electron chi connectivity index (χ1n) is 7.74. The van der Waals surface area contributed by atoms with E-state index in [1.807, 2.05) is 0 Å². The number of methoxy groups -OCH3 is 2. The van der Waals surface area contributed by atoms with Gasteiger partial charge in [0.15, 0.2) is 6.61 Å². The maximum Gasteiger partial charge on any atom is 0.350 e. The van der Waals surface area contributed by atoms with Crippen molar-refractivity contribution in [1.29, 1.82) is 0 Å². The molecule has 0 amide bonds. The number of esters is 1. The lowest BCUT2D eigenvalue weighted by Gasteiger charge is -2.10. The number of ether oxygens (including phenoxy) is 3. The highest BCUT2D eigenvalue weighted by Gasteiger charge is 2.21. The average molecular weight is 409 g/mol. The van der Waals surface area contributed by atoms with Crippen molar-refractivity contribution in [2.75, 3.05) is 20.8 Å². The van der Waals surface area contributed by atoms with Crippen LogP contribution in [-0.4, -0.2) is 32.6 Å². The summed E-state index contributed by atoms with van der Waals surface area (Å²) in [5.41, 5.74) is 0.231. The van der Waals surface area contributed by atoms with E-state index in [-0.39, 0.29) is 15.5 Å². The van der Waals surface area contributed by atoms with Gasteiger partial charge in [-0.05, 0) is 36.4 Å². The zero-order valence-corrected chi connectivity index (χ0v) is 15.9. The molecule has 5 nitrogen and oxygen atoms in total. The molecule has 1 heterocycles. The van der Waals surface area contributed by atoms with Crippen LogP contribution >= 0.6 is 22.9 Å². The molecule has 0 saturated heterocycles. The molecule has 0 saturated carbocycles. The second-order valence-electron chi connectivity index (χ2n) is 5.45. The Morgan fingerprint density at radius 2 is 1.89 bits per heavy atom. The standard InChI is InChI=1S/C19H14ClFO5S/c1-24-11-4-6-15(25-2)13(8-11)14(22)9-26-19(23)18-17(20)12-5-3-10(21)7-16(12)27-18/h3-8H,9H2,1-2H3. The Morgan fingerprint density at radius 1 is 1.11 bits per heavy atom. The lowest BCUT2D eigenvalue weighted by molar-refractivity contribution is 0.0479. The zero-order valence-electron chi connectivity index (χ0n) is 14.4. The number of rotatable bonds is 6. The van der Waals surface area contributed by atoms with E-state index in [0.29, 0.717) is 21.6 Å². The highest BCUT2D eigenvalue weighted by atomic mass is 35.5. The number of benzene rings is 2. The van der Waals surface area contributed by atoms with Crippen LogP contribution < -0.4 is 9.47 Å². The second-order valence-corrected chi connectivity index (χ2v) is 6.88. The fraction of sp³-hybridized carbons (Fsp3) is 0.158. The number of halogens is 2. The van der Waals surface area contributed by atoms with Crippen LogP contribution in [0.4, 0.5) is 4.39 Å². The van der Waals surface area contributed by atoms with E-state index in [1.165, 1.54) is 38.5 Å². The van der Waals surface area contributed by atoms with E-state index in [9.17, 15) is 14.0 Å². The smallest absolute Gasteiger partial charge is 0.350 e. The van der Waals surface area contributed by atoms with Crippen molar-refractivity contribution in [3.63, 3.8) is 0 Å². The molecule has 140 valence electrons. The minimum absolute atomic E-state index is 0.114. The first-order valence-corrected chi connectivity index (χ1v) is 8.94. The van der Waals surface area contributed by atoms with Gasteiger partial charge in [-0.25, -0.2) is 9.18 Å². The summed E-state index contributed by atoms with van der Waals surface area (Å²) in [5, 5.41) is 0.724. The number of ketones is 1. The van der Waals surface area contributed by atoms with Gasteiger partial charge in [0.1, 0.15) is 22.2 Å². The molecule has 0 fully saturated rings. The first-order chi connectivity index (χ1) is 12.9. The highest BCUT2D eigenvalue weighted by molar-refractivity contribution is 7.21. The Balaban J connectivity index is 1.78. The normalized spacial score (nSPS) is 10.7. The highest BCUT2D eigenvalue weighted by Crippen LogP contribution is 2.36. The minimum atomic E-state index is -0.753. The van der Waals surface area contributed by atoms with Gasteiger partial charge in [-0.2, -0.15) is 0 Å². The molecule has 8 heteroatoms. The third-order valence-corrected chi connectivity index (χ3v) is 5.46. The fourth-order valence-corrected chi connectivity index (χ4v) is 3.90. The number of hydrogen-bond donors (Lipinski definition) is 0. The number of hydrogen-bond acceptors (Lipinski definition) is 6. The summed E-state index contributed by atoms with van der Waals surface area (Å²) in [4.78, 5) is 24.9. The van der Waals surface area contributed by atoms with Gasteiger partial charge in [0.05, 0.1) is 24.8 Å². The summed E-state index contributed by atoms with van der Waals surface area (Å²) >= 11 is 7.19. The van der Waals surface area contributed by atoms with Crippen molar-refractivity contribution in [3.8, 4) is 11.5 Å². The maximum atomic E-state index is 13.3. The van der Waals surface area contributed by atoms with Gasteiger partial charge >= 0.3 is 5.97 Å². The number of Topliss-reactive ketones (excluding diaryl/α,β-unsaturated/α-hetero) is 1. The summed E-state index contributed by atoms with van der Waals surface area (Å²) in [6.07, 6.45) is 0. The van der Waals surface area contributed by atoms with Crippen LogP contribution in [0.2, 0.25) is 5.02 Å². The van der Waals surface area contributed by atoms with E-state index in [1.54, 1.807) is 12.1 Å². The molecule has 0 atom stereocenters. The topological polar surface area (TPSA) is 61.8 Å². The molecular formula is C19H14ClFO5S. The summed E-state index contributed by atoms with van der Waals surface area (Å²) in [5.74, 6) is -0.827. The van der Waals surface area contributed by atoms with E-state index in [2.05, 4.69) is 0 Å². The quantitative estimate of drug-likeness (QED) is 0.435. The maximum absolute atomic E-state index is 13.3. The number of fused-ring (bicyclic) bond motifs is 1. The van der Waals surface area contributed by atoms with Crippen LogP contribution in [0, 0.1) is 5.82 Å². The molecule has 0 unspecified atom stereocenters. The number of thiophene rings is 1. The van der Waals surface area contributed by atoms with Crippen LogP contribution in [0.25, 0.3) is 10.1 Å². The molecule has 1 aromatic heterocycles. The molecule has 0 aliphatic carbocycles. The fourth-order valence-electron chi connectivity index (χ4n) is 2.48. The Morgan fingerprint density at radius 3 is 2.59 bits per heavy atom. The second kappa shape index (κ2) is 7.94. The lowest BCUT2D eigenvalue weighted by atomic mass is 10.1. The third-order valence-electron chi connectivity index (χ3n) is 3.82. The van der Waals surface area contributed by atoms with Crippen molar-refractivity contribution in [3.05, 3.63) is 57.7 Å². The van der Waals surface area contributed by atoms with Crippen LogP contribution in [0.15, 0.2) is 36.4 Å². The molecule has 27 heavy (non-hydrogen) atoms. The van der Waals surface area contributed by atoms with Gasteiger partial charge in [-0.15, -0.1) is 11.3 Å². The van der Waals surface area contributed by atoms with Crippen molar-refractivity contribution in [2.24, 2.45) is 0 Å². The zero-order chi connectivity index (χ0) is 19.6. The first kappa shape index (κ1) is 19.1. The minimum Gasteiger partial charge on any atom is -0.497 e.